The summed E-state index contributed by atoms with van der Waals surface area (Å²) in [5.74, 6) is -0.117. The number of halogens is 1. The minimum Gasteiger partial charge on any atom is -0.367 e. The highest BCUT2D eigenvalue weighted by Crippen LogP contribution is 2.36. The highest BCUT2D eigenvalue weighted by atomic mass is 19.1. The van der Waals surface area contributed by atoms with Gasteiger partial charge in [0.15, 0.2) is 0 Å². The molecule has 0 radical (unpaired) electrons. The second kappa shape index (κ2) is 6.94. The third-order valence-electron chi connectivity index (χ3n) is 4.96. The van der Waals surface area contributed by atoms with Gasteiger partial charge in [-0.3, -0.25) is 4.79 Å². The molecule has 2 aliphatic rings. The summed E-state index contributed by atoms with van der Waals surface area (Å²) in [5.41, 5.74) is 3.32. The highest BCUT2D eigenvalue weighted by Gasteiger charge is 2.41. The molecule has 2 aliphatic heterocycles. The van der Waals surface area contributed by atoms with Crippen molar-refractivity contribution in [3.05, 3.63) is 70.8 Å². The molecular weight excluding hydrogens is 319 g/mol. The number of hydrogen-bond acceptors (Lipinski definition) is 3. The summed E-state index contributed by atoms with van der Waals surface area (Å²) in [7, 11) is 0. The first-order chi connectivity index (χ1) is 12.2. The van der Waals surface area contributed by atoms with E-state index in [1.165, 1.54) is 0 Å². The SMILES string of the molecule is O=C(NCc1ccc(CF)cc1)c1ccc(C2OC3CNC2C3)cc1. The molecule has 2 fully saturated rings. The Balaban J connectivity index is 1.35. The summed E-state index contributed by atoms with van der Waals surface area (Å²) in [6, 6.07) is 15.1. The van der Waals surface area contributed by atoms with E-state index in [0.717, 1.165) is 24.1 Å². The van der Waals surface area contributed by atoms with Gasteiger partial charge >= 0.3 is 0 Å². The summed E-state index contributed by atoms with van der Waals surface area (Å²) in [6.45, 7) is 0.890. The molecule has 0 aliphatic carbocycles. The predicted octanol–water partition coefficient (Wildman–Crippen LogP) is 2.89. The topological polar surface area (TPSA) is 50.4 Å². The van der Waals surface area contributed by atoms with E-state index in [9.17, 15) is 9.18 Å². The molecule has 4 rings (SSSR count). The molecule has 0 spiro atoms. The van der Waals surface area contributed by atoms with E-state index >= 15 is 0 Å². The number of carbonyl (C=O) groups is 1. The van der Waals surface area contributed by atoms with Crippen molar-refractivity contribution in [1.29, 1.82) is 0 Å². The maximum absolute atomic E-state index is 12.5. The molecule has 2 aromatic carbocycles. The summed E-state index contributed by atoms with van der Waals surface area (Å²) in [5, 5.41) is 6.35. The number of ether oxygens (including phenoxy) is 1. The van der Waals surface area contributed by atoms with Crippen LogP contribution in [0.4, 0.5) is 4.39 Å². The van der Waals surface area contributed by atoms with Crippen LogP contribution in [-0.4, -0.2) is 24.6 Å². The first-order valence-corrected chi connectivity index (χ1v) is 8.64. The van der Waals surface area contributed by atoms with Crippen molar-refractivity contribution in [3.63, 3.8) is 0 Å². The second-order valence-corrected chi connectivity index (χ2v) is 6.68. The van der Waals surface area contributed by atoms with Gasteiger partial charge in [-0.25, -0.2) is 4.39 Å². The lowest BCUT2D eigenvalue weighted by Gasteiger charge is -2.23. The third kappa shape index (κ3) is 3.43. The van der Waals surface area contributed by atoms with Gasteiger partial charge < -0.3 is 15.4 Å². The lowest BCUT2D eigenvalue weighted by atomic mass is 10.0. The largest absolute Gasteiger partial charge is 0.367 e. The van der Waals surface area contributed by atoms with E-state index in [2.05, 4.69) is 10.6 Å². The van der Waals surface area contributed by atoms with Gasteiger partial charge in [-0.15, -0.1) is 0 Å². The highest BCUT2D eigenvalue weighted by molar-refractivity contribution is 5.94. The van der Waals surface area contributed by atoms with Crippen LogP contribution in [0.3, 0.4) is 0 Å². The number of amides is 1. The Hall–Kier alpha value is -2.24. The van der Waals surface area contributed by atoms with Crippen LogP contribution < -0.4 is 10.6 Å². The molecule has 1 amide bonds. The van der Waals surface area contributed by atoms with E-state index in [-0.39, 0.29) is 12.0 Å². The smallest absolute Gasteiger partial charge is 0.251 e. The fourth-order valence-corrected chi connectivity index (χ4v) is 3.53. The maximum Gasteiger partial charge on any atom is 0.251 e. The average molecular weight is 340 g/mol. The van der Waals surface area contributed by atoms with Gasteiger partial charge in [0.05, 0.1) is 12.2 Å². The molecule has 2 bridgehead atoms. The van der Waals surface area contributed by atoms with Crippen LogP contribution in [0.1, 0.15) is 39.6 Å². The first-order valence-electron chi connectivity index (χ1n) is 8.64. The van der Waals surface area contributed by atoms with Crippen LogP contribution in [0.5, 0.6) is 0 Å². The minimum atomic E-state index is -0.471. The van der Waals surface area contributed by atoms with Crippen LogP contribution in [0.25, 0.3) is 0 Å². The van der Waals surface area contributed by atoms with Crippen LogP contribution in [0, 0.1) is 0 Å². The predicted molar refractivity (Wildman–Crippen MR) is 92.9 cm³/mol. The van der Waals surface area contributed by atoms with Crippen molar-refractivity contribution in [2.45, 2.75) is 37.9 Å². The van der Waals surface area contributed by atoms with E-state index < -0.39 is 6.67 Å². The van der Waals surface area contributed by atoms with E-state index in [4.69, 9.17) is 4.74 Å². The molecule has 0 aromatic heterocycles. The van der Waals surface area contributed by atoms with Crippen molar-refractivity contribution in [3.8, 4) is 0 Å². The lowest BCUT2D eigenvalue weighted by Crippen LogP contribution is -2.34. The molecule has 25 heavy (non-hydrogen) atoms. The maximum atomic E-state index is 12.5. The molecule has 4 nitrogen and oxygen atoms in total. The zero-order valence-electron chi connectivity index (χ0n) is 13.9. The molecule has 3 atom stereocenters. The molecule has 130 valence electrons. The summed E-state index contributed by atoms with van der Waals surface area (Å²) < 4.78 is 18.5. The second-order valence-electron chi connectivity index (χ2n) is 6.68. The zero-order valence-corrected chi connectivity index (χ0v) is 13.9. The van der Waals surface area contributed by atoms with Crippen LogP contribution in [0.15, 0.2) is 48.5 Å². The molecular formula is C20H21FN2O2. The number of hydrogen-bond donors (Lipinski definition) is 2. The van der Waals surface area contributed by atoms with Crippen molar-refractivity contribution in [1.82, 2.24) is 10.6 Å². The molecule has 2 heterocycles. The van der Waals surface area contributed by atoms with Crippen molar-refractivity contribution < 1.29 is 13.9 Å². The molecule has 0 saturated carbocycles. The molecule has 3 unspecified atom stereocenters. The fraction of sp³-hybridized carbons (Fsp3) is 0.350. The zero-order chi connectivity index (χ0) is 17.2. The number of carbonyl (C=O) groups excluding carboxylic acids is 1. The Morgan fingerprint density at radius 3 is 2.44 bits per heavy atom. The average Bonchev–Trinajstić information content (AvgIpc) is 3.30. The fourth-order valence-electron chi connectivity index (χ4n) is 3.53. The van der Waals surface area contributed by atoms with Crippen molar-refractivity contribution >= 4 is 5.91 Å². The Morgan fingerprint density at radius 1 is 1.12 bits per heavy atom. The number of fused-ring (bicyclic) bond motifs is 2. The van der Waals surface area contributed by atoms with Gasteiger partial charge in [-0.2, -0.15) is 0 Å². The van der Waals surface area contributed by atoms with Crippen molar-refractivity contribution in [2.75, 3.05) is 6.54 Å². The molecule has 2 N–H and O–H groups in total. The van der Waals surface area contributed by atoms with Crippen LogP contribution in [0.2, 0.25) is 0 Å². The Morgan fingerprint density at radius 2 is 1.84 bits per heavy atom. The number of nitrogens with one attached hydrogen (secondary N) is 2. The summed E-state index contributed by atoms with van der Waals surface area (Å²) in [6.07, 6.45) is 1.47. The first kappa shape index (κ1) is 16.2. The number of morpholine rings is 1. The molecule has 2 saturated heterocycles. The van der Waals surface area contributed by atoms with Crippen molar-refractivity contribution in [2.24, 2.45) is 0 Å². The molecule has 5 heteroatoms. The summed E-state index contributed by atoms with van der Waals surface area (Å²) in [4.78, 5) is 12.3. The van der Waals surface area contributed by atoms with E-state index in [0.29, 0.717) is 29.8 Å². The van der Waals surface area contributed by atoms with E-state index in [1.807, 2.05) is 36.4 Å². The standard InChI is InChI=1S/C20H21FN2O2/c21-10-13-1-3-14(4-2-13)11-23-20(24)16-7-5-15(6-8-16)19-18-9-17(25-19)12-22-18/h1-8,17-19,22H,9-12H2,(H,23,24). The third-order valence-corrected chi connectivity index (χ3v) is 4.96. The number of alkyl halides is 1. The number of rotatable bonds is 5. The normalized spacial score (nSPS) is 24.4. The van der Waals surface area contributed by atoms with Gasteiger partial charge in [-0.1, -0.05) is 36.4 Å². The van der Waals surface area contributed by atoms with E-state index in [1.54, 1.807) is 12.1 Å². The van der Waals surface area contributed by atoms with Gasteiger partial charge in [0.25, 0.3) is 5.91 Å². The van der Waals surface area contributed by atoms with Gasteiger partial charge in [0, 0.05) is 24.7 Å². The van der Waals surface area contributed by atoms with Gasteiger partial charge in [0.2, 0.25) is 0 Å². The van der Waals surface area contributed by atoms with Gasteiger partial charge in [0.1, 0.15) is 6.67 Å². The van der Waals surface area contributed by atoms with Gasteiger partial charge in [-0.05, 0) is 35.2 Å². The monoisotopic (exact) mass is 340 g/mol. The Kier molecular flexibility index (Phi) is 4.51. The summed E-state index contributed by atoms with van der Waals surface area (Å²) >= 11 is 0. The Bertz CT molecular complexity index is 745. The van der Waals surface area contributed by atoms with Crippen LogP contribution in [-0.2, 0) is 18.0 Å². The quantitative estimate of drug-likeness (QED) is 0.880. The van der Waals surface area contributed by atoms with Crippen LogP contribution >= 0.6 is 0 Å². The molecule has 2 aromatic rings. The minimum absolute atomic E-state index is 0.0879. The number of benzene rings is 2. The Labute approximate surface area is 146 Å². The lowest BCUT2D eigenvalue weighted by molar-refractivity contribution is 0.0160.